The van der Waals surface area contributed by atoms with Crippen molar-refractivity contribution in [3.63, 3.8) is 0 Å². The van der Waals surface area contributed by atoms with E-state index in [-0.39, 0.29) is 22.2 Å². The lowest BCUT2D eigenvalue weighted by Crippen LogP contribution is -2.00. The van der Waals surface area contributed by atoms with Gasteiger partial charge >= 0.3 is 12.1 Å². The summed E-state index contributed by atoms with van der Waals surface area (Å²) in [6, 6.07) is 3.56. The summed E-state index contributed by atoms with van der Waals surface area (Å²) in [5, 5.41) is 8.53. The topological polar surface area (TPSA) is 37.3 Å². The average molecular weight is 251 g/mol. The van der Waals surface area contributed by atoms with Crippen LogP contribution in [0.2, 0.25) is 5.02 Å². The molecule has 0 aliphatic carbocycles. The molecule has 0 unspecified atom stereocenters. The van der Waals surface area contributed by atoms with Gasteiger partial charge in [0, 0.05) is 6.08 Å². The molecule has 1 rings (SSSR count). The Morgan fingerprint density at radius 1 is 1.38 bits per heavy atom. The number of carboxylic acid groups (broad SMARTS) is 1. The van der Waals surface area contributed by atoms with Crippen molar-refractivity contribution in [3.8, 4) is 0 Å². The molecule has 0 atom stereocenters. The second-order valence-electron chi connectivity index (χ2n) is 2.92. The zero-order valence-corrected chi connectivity index (χ0v) is 8.51. The Hall–Kier alpha value is -1.49. The first-order valence-electron chi connectivity index (χ1n) is 4.08. The Balaban J connectivity index is 2.99. The molecule has 2 nitrogen and oxygen atoms in total. The van der Waals surface area contributed by atoms with Crippen molar-refractivity contribution in [1.82, 2.24) is 0 Å². The van der Waals surface area contributed by atoms with Crippen molar-refractivity contribution >= 4 is 23.6 Å². The molecule has 6 heteroatoms. The second kappa shape index (κ2) is 4.57. The number of carbonyl (C=O) groups is 1. The summed E-state index contributed by atoms with van der Waals surface area (Å²) >= 11 is 5.58. The molecule has 0 aliphatic rings. The molecule has 0 aromatic heterocycles. The zero-order valence-electron chi connectivity index (χ0n) is 7.75. The molecule has 0 heterocycles. The van der Waals surface area contributed by atoms with Gasteiger partial charge in [-0.1, -0.05) is 23.7 Å². The Morgan fingerprint density at radius 2 is 2.00 bits per heavy atom. The van der Waals surface area contributed by atoms with Crippen molar-refractivity contribution in [2.24, 2.45) is 0 Å². The monoisotopic (exact) mass is 250 g/mol. The van der Waals surface area contributed by atoms with Gasteiger partial charge in [0.15, 0.2) is 0 Å². The summed E-state index contributed by atoms with van der Waals surface area (Å²) in [4.78, 5) is 10.6. The van der Waals surface area contributed by atoms with E-state index in [4.69, 9.17) is 16.7 Å². The van der Waals surface area contributed by atoms with Gasteiger partial charge in [0.05, 0.1) is 10.6 Å². The van der Waals surface area contributed by atoms with Gasteiger partial charge in [-0.15, -0.1) is 0 Å². The fourth-order valence-electron chi connectivity index (χ4n) is 0.999. The van der Waals surface area contributed by atoms with Crippen LogP contribution in [0, 0.1) is 0 Å². The van der Waals surface area contributed by atoms with Gasteiger partial charge in [0.1, 0.15) is 0 Å². The number of carboxylic acids is 1. The molecule has 0 bridgehead atoms. The van der Waals surface area contributed by atoms with Gasteiger partial charge in [-0.25, -0.2) is 4.79 Å². The molecule has 1 aromatic carbocycles. The lowest BCUT2D eigenvalue weighted by atomic mass is 10.1. The molecule has 86 valence electrons. The van der Waals surface area contributed by atoms with E-state index >= 15 is 0 Å². The van der Waals surface area contributed by atoms with E-state index in [1.54, 1.807) is 0 Å². The maximum absolute atomic E-state index is 11.8. The number of benzene rings is 1. The van der Waals surface area contributed by atoms with Crippen LogP contribution in [0.15, 0.2) is 24.3 Å². The molecule has 0 saturated heterocycles. The number of allylic oxidation sites excluding steroid dienone is 1. The highest BCUT2D eigenvalue weighted by atomic mass is 35.5. The van der Waals surface area contributed by atoms with Crippen molar-refractivity contribution < 1.29 is 23.1 Å². The minimum atomic E-state index is -4.40. The standard InChI is InChI=1S/C10H6ClF3O2/c11-8-5-6(3-4-10(12,13)14)1-2-7(8)9(15)16/h1-5H,(H,15,16)/b4-3+. The van der Waals surface area contributed by atoms with Gasteiger partial charge < -0.3 is 5.11 Å². The molecule has 1 aromatic rings. The summed E-state index contributed by atoms with van der Waals surface area (Å²) < 4.78 is 35.5. The van der Waals surface area contributed by atoms with Crippen LogP contribution in [0.3, 0.4) is 0 Å². The molecule has 0 radical (unpaired) electrons. The SMILES string of the molecule is O=C(O)c1ccc(/C=C/C(F)(F)F)cc1Cl. The molecule has 0 aliphatic heterocycles. The van der Waals surface area contributed by atoms with Gasteiger partial charge in [-0.05, 0) is 17.7 Å². The Bertz CT molecular complexity index is 438. The van der Waals surface area contributed by atoms with Gasteiger partial charge in [0.25, 0.3) is 0 Å². The average Bonchev–Trinajstić information content (AvgIpc) is 2.13. The van der Waals surface area contributed by atoms with E-state index in [1.807, 2.05) is 0 Å². The molecule has 0 saturated carbocycles. The smallest absolute Gasteiger partial charge is 0.409 e. The fourth-order valence-corrected chi connectivity index (χ4v) is 1.27. The van der Waals surface area contributed by atoms with E-state index in [1.165, 1.54) is 6.07 Å². The number of alkyl halides is 3. The van der Waals surface area contributed by atoms with E-state index in [9.17, 15) is 18.0 Å². The van der Waals surface area contributed by atoms with Crippen molar-refractivity contribution in [2.75, 3.05) is 0 Å². The highest BCUT2D eigenvalue weighted by Crippen LogP contribution is 2.21. The largest absolute Gasteiger partial charge is 0.478 e. The molecular weight excluding hydrogens is 245 g/mol. The summed E-state index contributed by atoms with van der Waals surface area (Å²) in [6.07, 6.45) is -3.53. The summed E-state index contributed by atoms with van der Waals surface area (Å²) in [5.74, 6) is -1.23. The molecule has 0 spiro atoms. The van der Waals surface area contributed by atoms with Crippen LogP contribution >= 0.6 is 11.6 Å². The first-order chi connectivity index (χ1) is 7.29. The maximum Gasteiger partial charge on any atom is 0.409 e. The Labute approximate surface area is 94.0 Å². The lowest BCUT2D eigenvalue weighted by molar-refractivity contribution is -0.0790. The third-order valence-electron chi connectivity index (χ3n) is 1.69. The van der Waals surface area contributed by atoms with E-state index in [0.29, 0.717) is 0 Å². The quantitative estimate of drug-likeness (QED) is 0.870. The van der Waals surface area contributed by atoms with Crippen LogP contribution in [0.5, 0.6) is 0 Å². The van der Waals surface area contributed by atoms with Crippen molar-refractivity contribution in [2.45, 2.75) is 6.18 Å². The molecule has 1 N–H and O–H groups in total. The minimum absolute atomic E-state index is 0.0547. The number of rotatable bonds is 2. The lowest BCUT2D eigenvalue weighted by Gasteiger charge is -2.01. The highest BCUT2D eigenvalue weighted by Gasteiger charge is 2.21. The van der Waals surface area contributed by atoms with Crippen LogP contribution < -0.4 is 0 Å². The zero-order chi connectivity index (χ0) is 12.3. The predicted molar refractivity (Wildman–Crippen MR) is 53.5 cm³/mol. The third kappa shape index (κ3) is 3.58. The van der Waals surface area contributed by atoms with Crippen LogP contribution in [0.1, 0.15) is 15.9 Å². The maximum atomic E-state index is 11.8. The minimum Gasteiger partial charge on any atom is -0.478 e. The number of aromatic carboxylic acids is 1. The van der Waals surface area contributed by atoms with Crippen LogP contribution in [-0.4, -0.2) is 17.3 Å². The van der Waals surface area contributed by atoms with Crippen LogP contribution in [0.25, 0.3) is 6.08 Å². The number of hydrogen-bond acceptors (Lipinski definition) is 1. The normalized spacial score (nSPS) is 12.0. The fraction of sp³-hybridized carbons (Fsp3) is 0.100. The summed E-state index contributed by atoms with van der Waals surface area (Å²) in [7, 11) is 0. The molecule has 16 heavy (non-hydrogen) atoms. The first kappa shape index (κ1) is 12.6. The van der Waals surface area contributed by atoms with Gasteiger partial charge in [-0.2, -0.15) is 13.2 Å². The van der Waals surface area contributed by atoms with E-state index < -0.39 is 12.1 Å². The molecule has 0 amide bonds. The summed E-state index contributed by atoms with van der Waals surface area (Å²) in [6.45, 7) is 0. The second-order valence-corrected chi connectivity index (χ2v) is 3.33. The Morgan fingerprint density at radius 3 is 2.44 bits per heavy atom. The first-order valence-corrected chi connectivity index (χ1v) is 4.46. The van der Waals surface area contributed by atoms with E-state index in [2.05, 4.69) is 0 Å². The highest BCUT2D eigenvalue weighted by molar-refractivity contribution is 6.33. The van der Waals surface area contributed by atoms with Gasteiger partial charge in [0.2, 0.25) is 0 Å². The van der Waals surface area contributed by atoms with Crippen molar-refractivity contribution in [3.05, 3.63) is 40.4 Å². The van der Waals surface area contributed by atoms with Crippen molar-refractivity contribution in [1.29, 1.82) is 0 Å². The van der Waals surface area contributed by atoms with Crippen LogP contribution in [0.4, 0.5) is 13.2 Å². The molecular formula is C10H6ClF3O2. The number of halogens is 4. The molecule has 0 fully saturated rings. The number of hydrogen-bond donors (Lipinski definition) is 1. The summed E-state index contributed by atoms with van der Waals surface area (Å²) in [5.41, 5.74) is 0.0400. The predicted octanol–water partition coefficient (Wildman–Crippen LogP) is 3.61. The van der Waals surface area contributed by atoms with Crippen LogP contribution in [-0.2, 0) is 0 Å². The third-order valence-corrected chi connectivity index (χ3v) is 2.00. The van der Waals surface area contributed by atoms with Gasteiger partial charge in [-0.3, -0.25) is 0 Å². The Kier molecular flexibility index (Phi) is 3.59. The van der Waals surface area contributed by atoms with E-state index in [0.717, 1.165) is 18.2 Å².